The van der Waals surface area contributed by atoms with Crippen molar-refractivity contribution in [3.05, 3.63) is 24.3 Å². The average Bonchev–Trinajstić information content (AvgIpc) is 2.99. The zero-order valence-electron chi connectivity index (χ0n) is 13.3. The summed E-state index contributed by atoms with van der Waals surface area (Å²) < 4.78 is 0. The van der Waals surface area contributed by atoms with Crippen molar-refractivity contribution in [1.82, 2.24) is 0 Å². The van der Waals surface area contributed by atoms with Crippen LogP contribution in [0.15, 0.2) is 24.3 Å². The van der Waals surface area contributed by atoms with Crippen LogP contribution in [0.1, 0.15) is 39.5 Å². The lowest BCUT2D eigenvalue weighted by molar-refractivity contribution is -0.124. The van der Waals surface area contributed by atoms with Gasteiger partial charge in [0.05, 0.1) is 5.41 Å². The molecule has 1 aromatic rings. The summed E-state index contributed by atoms with van der Waals surface area (Å²) in [7, 11) is 0. The number of anilines is 2. The molecule has 0 spiro atoms. The Kier molecular flexibility index (Phi) is 5.19. The van der Waals surface area contributed by atoms with Crippen molar-refractivity contribution >= 4 is 23.2 Å². The lowest BCUT2D eigenvalue weighted by atomic mass is 9.85. The van der Waals surface area contributed by atoms with Gasteiger partial charge in [-0.2, -0.15) is 0 Å². The highest BCUT2D eigenvalue weighted by Crippen LogP contribution is 2.38. The van der Waals surface area contributed by atoms with E-state index in [-0.39, 0.29) is 17.7 Å². The van der Waals surface area contributed by atoms with E-state index in [0.29, 0.717) is 6.54 Å². The summed E-state index contributed by atoms with van der Waals surface area (Å²) in [5.74, 6) is -0.0811. The lowest BCUT2D eigenvalue weighted by Crippen LogP contribution is -2.40. The van der Waals surface area contributed by atoms with Gasteiger partial charge in [0.25, 0.3) is 0 Å². The molecule has 1 saturated carbocycles. The normalized spacial score (nSPS) is 16.5. The Morgan fingerprint density at radius 3 is 2.05 bits per heavy atom. The van der Waals surface area contributed by atoms with Crippen molar-refractivity contribution in [3.8, 4) is 0 Å². The zero-order valence-corrected chi connectivity index (χ0v) is 13.3. The van der Waals surface area contributed by atoms with E-state index in [1.165, 1.54) is 0 Å². The second-order valence-electron chi connectivity index (χ2n) is 6.37. The summed E-state index contributed by atoms with van der Waals surface area (Å²) in [6, 6.07) is 7.18. The van der Waals surface area contributed by atoms with E-state index in [1.807, 2.05) is 13.8 Å². The third-order valence-electron chi connectivity index (χ3n) is 4.37. The molecule has 0 bridgehead atoms. The molecule has 0 heterocycles. The van der Waals surface area contributed by atoms with Crippen molar-refractivity contribution in [2.24, 2.45) is 17.1 Å². The second kappa shape index (κ2) is 6.92. The summed E-state index contributed by atoms with van der Waals surface area (Å²) in [6.07, 6.45) is 3.84. The molecule has 5 heteroatoms. The molecule has 1 aliphatic carbocycles. The molecule has 5 nitrogen and oxygen atoms in total. The number of hydrogen-bond acceptors (Lipinski definition) is 3. The SMILES string of the molecule is CC(C)C(=O)Nc1ccc(NC(=O)C2(CN)CCCC2)cc1. The maximum atomic E-state index is 12.5. The number of nitrogens with two attached hydrogens (primary N) is 1. The predicted octanol–water partition coefficient (Wildman–Crippen LogP) is 2.74. The van der Waals surface area contributed by atoms with E-state index < -0.39 is 5.41 Å². The van der Waals surface area contributed by atoms with E-state index in [1.54, 1.807) is 24.3 Å². The largest absolute Gasteiger partial charge is 0.329 e. The smallest absolute Gasteiger partial charge is 0.231 e. The van der Waals surface area contributed by atoms with Crippen LogP contribution in [-0.4, -0.2) is 18.4 Å². The third-order valence-corrected chi connectivity index (χ3v) is 4.37. The van der Waals surface area contributed by atoms with Crippen LogP contribution in [0, 0.1) is 11.3 Å². The highest BCUT2D eigenvalue weighted by atomic mass is 16.2. The predicted molar refractivity (Wildman–Crippen MR) is 88.5 cm³/mol. The molecule has 1 fully saturated rings. The molecule has 0 unspecified atom stereocenters. The molecule has 2 rings (SSSR count). The number of carbonyl (C=O) groups excluding carboxylic acids is 2. The van der Waals surface area contributed by atoms with Gasteiger partial charge in [-0.3, -0.25) is 9.59 Å². The molecule has 4 N–H and O–H groups in total. The molecule has 1 aliphatic rings. The third kappa shape index (κ3) is 3.65. The number of rotatable bonds is 5. The Morgan fingerprint density at radius 2 is 1.59 bits per heavy atom. The van der Waals surface area contributed by atoms with E-state index in [2.05, 4.69) is 10.6 Å². The maximum absolute atomic E-state index is 12.5. The second-order valence-corrected chi connectivity index (χ2v) is 6.37. The van der Waals surface area contributed by atoms with Gasteiger partial charge in [0.1, 0.15) is 0 Å². The summed E-state index contributed by atoms with van der Waals surface area (Å²) in [6.45, 7) is 4.08. The lowest BCUT2D eigenvalue weighted by Gasteiger charge is -2.25. The van der Waals surface area contributed by atoms with Crippen LogP contribution in [0.2, 0.25) is 0 Å². The molecule has 22 heavy (non-hydrogen) atoms. The molecule has 2 amide bonds. The maximum Gasteiger partial charge on any atom is 0.231 e. The van der Waals surface area contributed by atoms with Crippen molar-refractivity contribution in [3.63, 3.8) is 0 Å². The molecule has 0 atom stereocenters. The first kappa shape index (κ1) is 16.5. The Balaban J connectivity index is 1.99. The quantitative estimate of drug-likeness (QED) is 0.782. The highest BCUT2D eigenvalue weighted by Gasteiger charge is 2.39. The van der Waals surface area contributed by atoms with Crippen LogP contribution in [0.5, 0.6) is 0 Å². The topological polar surface area (TPSA) is 84.2 Å². The van der Waals surface area contributed by atoms with Gasteiger partial charge in [-0.15, -0.1) is 0 Å². The van der Waals surface area contributed by atoms with Crippen LogP contribution in [0.25, 0.3) is 0 Å². The number of benzene rings is 1. The Labute approximate surface area is 131 Å². The fourth-order valence-corrected chi connectivity index (χ4v) is 2.76. The van der Waals surface area contributed by atoms with Crippen LogP contribution < -0.4 is 16.4 Å². The van der Waals surface area contributed by atoms with Crippen LogP contribution in [0.3, 0.4) is 0 Å². The highest BCUT2D eigenvalue weighted by molar-refractivity contribution is 5.96. The average molecular weight is 303 g/mol. The van der Waals surface area contributed by atoms with Gasteiger partial charge >= 0.3 is 0 Å². The van der Waals surface area contributed by atoms with Crippen LogP contribution in [0.4, 0.5) is 11.4 Å². The number of carbonyl (C=O) groups is 2. The minimum atomic E-state index is -0.412. The van der Waals surface area contributed by atoms with Crippen molar-refractivity contribution in [1.29, 1.82) is 0 Å². The van der Waals surface area contributed by atoms with Crippen LogP contribution in [-0.2, 0) is 9.59 Å². The van der Waals surface area contributed by atoms with Crippen molar-refractivity contribution < 1.29 is 9.59 Å². The summed E-state index contributed by atoms with van der Waals surface area (Å²) in [5, 5.41) is 5.77. The Morgan fingerprint density at radius 1 is 1.09 bits per heavy atom. The van der Waals surface area contributed by atoms with E-state index in [4.69, 9.17) is 5.73 Å². The molecule has 0 radical (unpaired) electrons. The van der Waals surface area contributed by atoms with E-state index >= 15 is 0 Å². The van der Waals surface area contributed by atoms with Gasteiger partial charge in [0.2, 0.25) is 11.8 Å². The minimum Gasteiger partial charge on any atom is -0.329 e. The molecule has 120 valence electrons. The summed E-state index contributed by atoms with van der Waals surface area (Å²) >= 11 is 0. The monoisotopic (exact) mass is 303 g/mol. The van der Waals surface area contributed by atoms with E-state index in [9.17, 15) is 9.59 Å². The molecule has 0 aromatic heterocycles. The Bertz CT molecular complexity index is 531. The van der Waals surface area contributed by atoms with Crippen molar-refractivity contribution in [2.75, 3.05) is 17.2 Å². The van der Waals surface area contributed by atoms with Crippen molar-refractivity contribution in [2.45, 2.75) is 39.5 Å². The fraction of sp³-hybridized carbons (Fsp3) is 0.529. The van der Waals surface area contributed by atoms with E-state index in [0.717, 1.165) is 37.1 Å². The van der Waals surface area contributed by atoms with Crippen LogP contribution >= 0.6 is 0 Å². The number of amides is 2. The standard InChI is InChI=1S/C17H25N3O2/c1-12(2)15(21)19-13-5-7-14(8-6-13)20-16(22)17(11-18)9-3-4-10-17/h5-8,12H,3-4,9-11,18H2,1-2H3,(H,19,21)(H,20,22). The number of hydrogen-bond donors (Lipinski definition) is 3. The fourth-order valence-electron chi connectivity index (χ4n) is 2.76. The molecule has 1 aromatic carbocycles. The molecular formula is C17H25N3O2. The molecular weight excluding hydrogens is 278 g/mol. The minimum absolute atomic E-state index is 0.00599. The van der Waals surface area contributed by atoms with Gasteiger partial charge in [-0.25, -0.2) is 0 Å². The molecule has 0 saturated heterocycles. The Hall–Kier alpha value is -1.88. The summed E-state index contributed by atoms with van der Waals surface area (Å²) in [5.41, 5.74) is 6.87. The van der Waals surface area contributed by atoms with Gasteiger partial charge in [-0.1, -0.05) is 26.7 Å². The summed E-state index contributed by atoms with van der Waals surface area (Å²) in [4.78, 5) is 24.1. The first-order chi connectivity index (χ1) is 10.5. The molecule has 0 aliphatic heterocycles. The first-order valence-electron chi connectivity index (χ1n) is 7.89. The number of nitrogens with one attached hydrogen (secondary N) is 2. The van der Waals surface area contributed by atoms with Gasteiger partial charge in [0.15, 0.2) is 0 Å². The van der Waals surface area contributed by atoms with Gasteiger partial charge in [0, 0.05) is 23.8 Å². The van der Waals surface area contributed by atoms with Gasteiger partial charge in [-0.05, 0) is 37.1 Å². The van der Waals surface area contributed by atoms with Gasteiger partial charge < -0.3 is 16.4 Å². The first-order valence-corrected chi connectivity index (χ1v) is 7.89. The zero-order chi connectivity index (χ0) is 16.2.